The van der Waals surface area contributed by atoms with Crippen molar-refractivity contribution in [3.05, 3.63) is 29.8 Å². The molecule has 1 amide bonds. The molecule has 1 unspecified atom stereocenters. The molecule has 1 N–H and O–H groups in total. The van der Waals surface area contributed by atoms with E-state index in [0.29, 0.717) is 13.1 Å². The summed E-state index contributed by atoms with van der Waals surface area (Å²) in [6.07, 6.45) is 2.43. The van der Waals surface area contributed by atoms with Gasteiger partial charge in [-0.05, 0) is 64.7 Å². The van der Waals surface area contributed by atoms with E-state index in [4.69, 9.17) is 14.2 Å². The van der Waals surface area contributed by atoms with Crippen molar-refractivity contribution in [3.8, 4) is 5.75 Å². The van der Waals surface area contributed by atoms with Crippen LogP contribution in [-0.2, 0) is 9.47 Å². The Hall–Kier alpha value is -1.79. The van der Waals surface area contributed by atoms with E-state index in [1.165, 1.54) is 5.56 Å². The van der Waals surface area contributed by atoms with Crippen molar-refractivity contribution in [2.45, 2.75) is 70.2 Å². The lowest BCUT2D eigenvalue weighted by Gasteiger charge is -2.43. The second-order valence-electron chi connectivity index (χ2n) is 8.88. The zero-order valence-corrected chi connectivity index (χ0v) is 17.8. The zero-order valence-electron chi connectivity index (χ0n) is 17.8. The number of hydrogen-bond acceptors (Lipinski definition) is 5. The normalized spacial score (nSPS) is 22.9. The number of rotatable bonds is 4. The average Bonchev–Trinajstić information content (AvgIpc) is 3.02. The van der Waals surface area contributed by atoms with Crippen LogP contribution in [-0.4, -0.2) is 55.0 Å². The van der Waals surface area contributed by atoms with Gasteiger partial charge in [0.1, 0.15) is 11.4 Å². The van der Waals surface area contributed by atoms with Gasteiger partial charge in [0.2, 0.25) is 0 Å². The zero-order chi connectivity index (χ0) is 20.4. The van der Waals surface area contributed by atoms with Gasteiger partial charge < -0.3 is 24.4 Å². The van der Waals surface area contributed by atoms with Gasteiger partial charge in [-0.15, -0.1) is 0 Å². The van der Waals surface area contributed by atoms with Crippen LogP contribution in [0.25, 0.3) is 0 Å². The van der Waals surface area contributed by atoms with Crippen LogP contribution in [0.15, 0.2) is 24.3 Å². The fraction of sp³-hybridized carbons (Fsp3) is 0.682. The topological polar surface area (TPSA) is 60.0 Å². The Morgan fingerprint density at radius 1 is 1.25 bits per heavy atom. The molecule has 2 fully saturated rings. The van der Waals surface area contributed by atoms with Crippen molar-refractivity contribution in [1.82, 2.24) is 10.2 Å². The molecule has 1 spiro atoms. The van der Waals surface area contributed by atoms with Crippen molar-refractivity contribution in [2.24, 2.45) is 0 Å². The molecular formula is C22H34N2O4. The Labute approximate surface area is 168 Å². The van der Waals surface area contributed by atoms with E-state index in [-0.39, 0.29) is 23.8 Å². The van der Waals surface area contributed by atoms with Crippen LogP contribution in [0.5, 0.6) is 5.75 Å². The number of benzene rings is 1. The molecule has 6 heteroatoms. The highest BCUT2D eigenvalue weighted by Crippen LogP contribution is 2.37. The minimum absolute atomic E-state index is 0.195. The first-order valence-electron chi connectivity index (χ1n) is 10.2. The highest BCUT2D eigenvalue weighted by Gasteiger charge is 2.47. The van der Waals surface area contributed by atoms with E-state index in [1.54, 1.807) is 7.11 Å². The Kier molecular flexibility index (Phi) is 6.20. The number of hydrogen-bond donors (Lipinski definition) is 1. The van der Waals surface area contributed by atoms with E-state index < -0.39 is 5.60 Å². The smallest absolute Gasteiger partial charge is 0.410 e. The summed E-state index contributed by atoms with van der Waals surface area (Å²) in [5, 5.41) is 3.77. The van der Waals surface area contributed by atoms with Gasteiger partial charge in [0.05, 0.1) is 12.7 Å². The van der Waals surface area contributed by atoms with Gasteiger partial charge >= 0.3 is 6.09 Å². The first kappa shape index (κ1) is 20.9. The number of methoxy groups -OCH3 is 1. The molecule has 0 aliphatic carbocycles. The number of piperidine rings is 1. The van der Waals surface area contributed by atoms with E-state index in [1.807, 2.05) is 37.8 Å². The van der Waals surface area contributed by atoms with Crippen LogP contribution in [0, 0.1) is 0 Å². The summed E-state index contributed by atoms with van der Waals surface area (Å²) in [7, 11) is 1.68. The molecule has 0 radical (unpaired) electrons. The number of likely N-dealkylation sites (tertiary alicyclic amines) is 1. The van der Waals surface area contributed by atoms with Gasteiger partial charge in [-0.3, -0.25) is 0 Å². The van der Waals surface area contributed by atoms with E-state index in [2.05, 4.69) is 24.4 Å². The van der Waals surface area contributed by atoms with Crippen molar-refractivity contribution in [1.29, 1.82) is 0 Å². The van der Waals surface area contributed by atoms with Crippen LogP contribution < -0.4 is 10.1 Å². The maximum atomic E-state index is 12.4. The van der Waals surface area contributed by atoms with Crippen LogP contribution in [0.4, 0.5) is 4.79 Å². The molecule has 0 aromatic heterocycles. The molecule has 156 valence electrons. The highest BCUT2D eigenvalue weighted by molar-refractivity contribution is 5.68. The van der Waals surface area contributed by atoms with Gasteiger partial charge in [-0.2, -0.15) is 0 Å². The Bertz CT molecular complexity index is 660. The minimum atomic E-state index is -0.464. The predicted molar refractivity (Wildman–Crippen MR) is 109 cm³/mol. The third-order valence-corrected chi connectivity index (χ3v) is 5.76. The molecule has 28 heavy (non-hydrogen) atoms. The Morgan fingerprint density at radius 3 is 2.46 bits per heavy atom. The van der Waals surface area contributed by atoms with Crippen molar-refractivity contribution >= 4 is 6.09 Å². The molecule has 1 aromatic rings. The molecule has 3 rings (SSSR count). The number of amides is 1. The fourth-order valence-electron chi connectivity index (χ4n) is 4.16. The lowest BCUT2D eigenvalue weighted by molar-refractivity contribution is -0.0607. The minimum Gasteiger partial charge on any atom is -0.497 e. The van der Waals surface area contributed by atoms with Crippen LogP contribution in [0.3, 0.4) is 0 Å². The summed E-state index contributed by atoms with van der Waals surface area (Å²) in [5.74, 6) is 0.867. The molecular weight excluding hydrogens is 356 g/mol. The monoisotopic (exact) mass is 390 g/mol. The van der Waals surface area contributed by atoms with Crippen molar-refractivity contribution < 1.29 is 19.0 Å². The van der Waals surface area contributed by atoms with E-state index in [9.17, 15) is 4.79 Å². The van der Waals surface area contributed by atoms with Gasteiger partial charge in [-0.1, -0.05) is 12.1 Å². The lowest BCUT2D eigenvalue weighted by Crippen LogP contribution is -2.56. The predicted octanol–water partition coefficient (Wildman–Crippen LogP) is 3.90. The first-order valence-corrected chi connectivity index (χ1v) is 10.2. The number of carbonyl (C=O) groups excluding carboxylic acids is 1. The molecule has 2 saturated heterocycles. The quantitative estimate of drug-likeness (QED) is 0.845. The molecule has 2 heterocycles. The molecule has 1 aromatic carbocycles. The summed E-state index contributed by atoms with van der Waals surface area (Å²) >= 11 is 0. The molecule has 2 atom stereocenters. The van der Waals surface area contributed by atoms with Gasteiger partial charge in [0.25, 0.3) is 0 Å². The molecule has 2 aliphatic heterocycles. The van der Waals surface area contributed by atoms with Crippen LogP contribution in [0.1, 0.15) is 58.6 Å². The fourth-order valence-corrected chi connectivity index (χ4v) is 4.16. The molecule has 0 bridgehead atoms. The second-order valence-corrected chi connectivity index (χ2v) is 8.88. The third kappa shape index (κ3) is 4.78. The summed E-state index contributed by atoms with van der Waals surface area (Å²) < 4.78 is 17.0. The summed E-state index contributed by atoms with van der Waals surface area (Å²) in [4.78, 5) is 14.2. The van der Waals surface area contributed by atoms with Crippen LogP contribution in [0.2, 0.25) is 0 Å². The number of carbonyl (C=O) groups is 1. The maximum absolute atomic E-state index is 12.4. The SMILES string of the molecule is COc1ccc([C@H](C)NC2CCOC23CCN(C(=O)OC(C)(C)C)CC3)cc1. The second kappa shape index (κ2) is 8.29. The van der Waals surface area contributed by atoms with E-state index >= 15 is 0 Å². The summed E-state index contributed by atoms with van der Waals surface area (Å²) in [5.41, 5.74) is 0.571. The Balaban J connectivity index is 1.59. The summed E-state index contributed by atoms with van der Waals surface area (Å²) in [6.45, 7) is 9.99. The molecule has 2 aliphatic rings. The van der Waals surface area contributed by atoms with Gasteiger partial charge in [0.15, 0.2) is 0 Å². The third-order valence-electron chi connectivity index (χ3n) is 5.76. The standard InChI is InChI=1S/C22H34N2O4/c1-16(17-6-8-18(26-5)9-7-17)23-19-10-15-27-22(19)11-13-24(14-12-22)20(25)28-21(2,3)4/h6-9,16,19,23H,10-15H2,1-5H3/t16-,19?/m0/s1. The average molecular weight is 391 g/mol. The summed E-state index contributed by atoms with van der Waals surface area (Å²) in [6, 6.07) is 8.69. The van der Waals surface area contributed by atoms with Crippen molar-refractivity contribution in [2.75, 3.05) is 26.8 Å². The largest absolute Gasteiger partial charge is 0.497 e. The Morgan fingerprint density at radius 2 is 1.89 bits per heavy atom. The number of nitrogens with zero attached hydrogens (tertiary/aromatic N) is 1. The number of ether oxygens (including phenoxy) is 3. The first-order chi connectivity index (χ1) is 13.2. The van der Waals surface area contributed by atoms with Crippen molar-refractivity contribution in [3.63, 3.8) is 0 Å². The van der Waals surface area contributed by atoms with Gasteiger partial charge in [0, 0.05) is 31.8 Å². The maximum Gasteiger partial charge on any atom is 0.410 e. The van der Waals surface area contributed by atoms with Gasteiger partial charge in [-0.25, -0.2) is 4.79 Å². The molecule has 6 nitrogen and oxygen atoms in total. The lowest BCUT2D eigenvalue weighted by atomic mass is 9.84. The highest BCUT2D eigenvalue weighted by atomic mass is 16.6. The number of nitrogens with one attached hydrogen (secondary N) is 1. The van der Waals surface area contributed by atoms with E-state index in [0.717, 1.165) is 31.6 Å². The molecule has 0 saturated carbocycles. The van der Waals surface area contributed by atoms with Crippen LogP contribution >= 0.6 is 0 Å².